The van der Waals surface area contributed by atoms with Gasteiger partial charge in [-0.05, 0) is 55.9 Å². The third-order valence-electron chi connectivity index (χ3n) is 4.33. The smallest absolute Gasteiger partial charge is 0.0210 e. The van der Waals surface area contributed by atoms with Gasteiger partial charge in [0, 0.05) is 22.7 Å². The van der Waals surface area contributed by atoms with Crippen molar-refractivity contribution < 1.29 is 0 Å². The van der Waals surface area contributed by atoms with Crippen LogP contribution in [0.1, 0.15) is 56.1 Å². The lowest BCUT2D eigenvalue weighted by Gasteiger charge is -2.21. The van der Waals surface area contributed by atoms with Crippen LogP contribution in [0.15, 0.2) is 23.1 Å². The standard InChI is InChI=1S/C17H25NS/c1-13-11-17(19-16-5-3-2-4-6-16)10-7-14(13)12-18-15-8-9-15/h7,10-11,15-16,18H,2-6,8-9,12H2,1H3. The van der Waals surface area contributed by atoms with Gasteiger partial charge in [0.25, 0.3) is 0 Å². The number of aryl methyl sites for hydroxylation is 1. The number of hydrogen-bond donors (Lipinski definition) is 1. The fraction of sp³-hybridized carbons (Fsp3) is 0.647. The minimum atomic E-state index is 0.802. The largest absolute Gasteiger partial charge is 0.310 e. The molecule has 1 aromatic rings. The Kier molecular flexibility index (Phi) is 4.49. The average molecular weight is 275 g/mol. The summed E-state index contributed by atoms with van der Waals surface area (Å²) in [5.41, 5.74) is 2.92. The molecule has 19 heavy (non-hydrogen) atoms. The Morgan fingerprint density at radius 2 is 1.89 bits per heavy atom. The molecule has 1 nitrogen and oxygen atoms in total. The van der Waals surface area contributed by atoms with E-state index in [1.807, 2.05) is 0 Å². The third kappa shape index (κ3) is 4.00. The highest BCUT2D eigenvalue weighted by molar-refractivity contribution is 8.00. The minimum Gasteiger partial charge on any atom is -0.310 e. The summed E-state index contributed by atoms with van der Waals surface area (Å²) in [5.74, 6) is 0. The molecule has 2 fully saturated rings. The molecule has 0 aromatic heterocycles. The molecule has 0 spiro atoms. The maximum Gasteiger partial charge on any atom is 0.0210 e. The van der Waals surface area contributed by atoms with E-state index in [0.29, 0.717) is 0 Å². The van der Waals surface area contributed by atoms with Crippen LogP contribution in [-0.2, 0) is 6.54 Å². The summed E-state index contributed by atoms with van der Waals surface area (Å²) < 4.78 is 0. The quantitative estimate of drug-likeness (QED) is 0.838. The zero-order chi connectivity index (χ0) is 13.1. The van der Waals surface area contributed by atoms with E-state index in [2.05, 4.69) is 42.2 Å². The van der Waals surface area contributed by atoms with Crippen LogP contribution in [0.4, 0.5) is 0 Å². The van der Waals surface area contributed by atoms with E-state index in [-0.39, 0.29) is 0 Å². The molecule has 2 saturated carbocycles. The fourth-order valence-electron chi connectivity index (χ4n) is 2.86. The Morgan fingerprint density at radius 3 is 2.58 bits per heavy atom. The molecule has 0 heterocycles. The number of thioether (sulfide) groups is 1. The van der Waals surface area contributed by atoms with E-state index in [1.54, 1.807) is 0 Å². The van der Waals surface area contributed by atoms with Gasteiger partial charge < -0.3 is 5.32 Å². The van der Waals surface area contributed by atoms with Gasteiger partial charge in [-0.1, -0.05) is 25.3 Å². The predicted octanol–water partition coefficient (Wildman–Crippen LogP) is 4.67. The monoisotopic (exact) mass is 275 g/mol. The molecule has 3 rings (SSSR count). The van der Waals surface area contributed by atoms with Crippen LogP contribution in [0, 0.1) is 6.92 Å². The third-order valence-corrected chi connectivity index (χ3v) is 5.66. The summed E-state index contributed by atoms with van der Waals surface area (Å²) in [5, 5.41) is 4.47. The fourth-order valence-corrected chi connectivity index (χ4v) is 4.20. The van der Waals surface area contributed by atoms with Gasteiger partial charge >= 0.3 is 0 Å². The van der Waals surface area contributed by atoms with E-state index >= 15 is 0 Å². The molecular formula is C17H25NS. The first kappa shape index (κ1) is 13.5. The normalized spacial score (nSPS) is 20.7. The Labute approximate surface area is 121 Å². The molecule has 0 radical (unpaired) electrons. The van der Waals surface area contributed by atoms with Crippen molar-refractivity contribution in [2.45, 2.75) is 74.6 Å². The molecule has 2 aliphatic rings. The van der Waals surface area contributed by atoms with Crippen molar-refractivity contribution in [2.75, 3.05) is 0 Å². The SMILES string of the molecule is Cc1cc(SC2CCCCC2)ccc1CNC1CC1. The van der Waals surface area contributed by atoms with Crippen molar-refractivity contribution in [3.63, 3.8) is 0 Å². The second kappa shape index (κ2) is 6.32. The first-order chi connectivity index (χ1) is 9.31. The maximum atomic E-state index is 3.61. The summed E-state index contributed by atoms with van der Waals surface area (Å²) in [4.78, 5) is 1.47. The molecule has 0 atom stereocenters. The van der Waals surface area contributed by atoms with Crippen LogP contribution in [0.2, 0.25) is 0 Å². The van der Waals surface area contributed by atoms with Gasteiger partial charge in [-0.25, -0.2) is 0 Å². The van der Waals surface area contributed by atoms with E-state index in [9.17, 15) is 0 Å². The van der Waals surface area contributed by atoms with Gasteiger partial charge in [-0.2, -0.15) is 0 Å². The van der Waals surface area contributed by atoms with Crippen LogP contribution in [-0.4, -0.2) is 11.3 Å². The van der Waals surface area contributed by atoms with Crippen molar-refractivity contribution in [3.05, 3.63) is 29.3 Å². The highest BCUT2D eigenvalue weighted by atomic mass is 32.2. The first-order valence-corrected chi connectivity index (χ1v) is 8.69. The lowest BCUT2D eigenvalue weighted by Crippen LogP contribution is -2.16. The first-order valence-electron chi connectivity index (χ1n) is 7.81. The molecule has 0 saturated heterocycles. The van der Waals surface area contributed by atoms with Gasteiger partial charge in [-0.15, -0.1) is 11.8 Å². The molecule has 0 unspecified atom stereocenters. The average Bonchev–Trinajstić information content (AvgIpc) is 3.23. The summed E-state index contributed by atoms with van der Waals surface area (Å²) in [7, 11) is 0. The number of rotatable bonds is 5. The predicted molar refractivity (Wildman–Crippen MR) is 83.8 cm³/mol. The van der Waals surface area contributed by atoms with Crippen LogP contribution < -0.4 is 5.32 Å². The minimum absolute atomic E-state index is 0.802. The van der Waals surface area contributed by atoms with Gasteiger partial charge in [-0.3, -0.25) is 0 Å². The van der Waals surface area contributed by atoms with Gasteiger partial charge in [0.15, 0.2) is 0 Å². The highest BCUT2D eigenvalue weighted by Crippen LogP contribution is 2.34. The van der Waals surface area contributed by atoms with Crippen molar-refractivity contribution >= 4 is 11.8 Å². The zero-order valence-corrected chi connectivity index (χ0v) is 12.8. The van der Waals surface area contributed by atoms with E-state index in [0.717, 1.165) is 17.8 Å². The Balaban J connectivity index is 1.57. The Morgan fingerprint density at radius 1 is 1.11 bits per heavy atom. The lowest BCUT2D eigenvalue weighted by atomic mass is 10.0. The molecule has 2 heteroatoms. The molecule has 0 aliphatic heterocycles. The van der Waals surface area contributed by atoms with Crippen LogP contribution in [0.5, 0.6) is 0 Å². The highest BCUT2D eigenvalue weighted by Gasteiger charge is 2.20. The number of benzene rings is 1. The van der Waals surface area contributed by atoms with Gasteiger partial charge in [0.1, 0.15) is 0 Å². The summed E-state index contributed by atoms with van der Waals surface area (Å²) in [6, 6.07) is 7.85. The molecule has 2 aliphatic carbocycles. The molecule has 104 valence electrons. The molecule has 0 bridgehead atoms. The number of nitrogens with one attached hydrogen (secondary N) is 1. The van der Waals surface area contributed by atoms with Crippen LogP contribution in [0.3, 0.4) is 0 Å². The van der Waals surface area contributed by atoms with E-state index in [1.165, 1.54) is 61.0 Å². The topological polar surface area (TPSA) is 12.0 Å². The maximum absolute atomic E-state index is 3.61. The lowest BCUT2D eigenvalue weighted by molar-refractivity contribution is 0.516. The van der Waals surface area contributed by atoms with Crippen molar-refractivity contribution in [3.8, 4) is 0 Å². The number of hydrogen-bond acceptors (Lipinski definition) is 2. The van der Waals surface area contributed by atoms with Gasteiger partial charge in [0.2, 0.25) is 0 Å². The second-order valence-electron chi connectivity index (χ2n) is 6.12. The van der Waals surface area contributed by atoms with E-state index in [4.69, 9.17) is 0 Å². The van der Waals surface area contributed by atoms with Gasteiger partial charge in [0.05, 0.1) is 0 Å². The molecule has 0 amide bonds. The van der Waals surface area contributed by atoms with Crippen LogP contribution in [0.25, 0.3) is 0 Å². The van der Waals surface area contributed by atoms with Crippen LogP contribution >= 0.6 is 11.8 Å². The van der Waals surface area contributed by atoms with Crippen molar-refractivity contribution in [1.29, 1.82) is 0 Å². The summed E-state index contributed by atoms with van der Waals surface area (Å²) in [6.45, 7) is 3.31. The molecular weight excluding hydrogens is 250 g/mol. The molecule has 1 aromatic carbocycles. The van der Waals surface area contributed by atoms with Crippen molar-refractivity contribution in [1.82, 2.24) is 5.32 Å². The molecule has 1 N–H and O–H groups in total. The summed E-state index contributed by atoms with van der Waals surface area (Å²) in [6.07, 6.45) is 9.87. The Hall–Kier alpha value is -0.470. The second-order valence-corrected chi connectivity index (χ2v) is 7.50. The zero-order valence-electron chi connectivity index (χ0n) is 12.0. The van der Waals surface area contributed by atoms with E-state index < -0.39 is 0 Å². The van der Waals surface area contributed by atoms with Crippen molar-refractivity contribution in [2.24, 2.45) is 0 Å². The summed E-state index contributed by atoms with van der Waals surface area (Å²) >= 11 is 2.10. The Bertz CT molecular complexity index is 419.